The number of benzene rings is 1. The molecule has 1 amide bonds. The highest BCUT2D eigenvalue weighted by molar-refractivity contribution is 7.10. The van der Waals surface area contributed by atoms with Crippen molar-refractivity contribution in [3.8, 4) is 0 Å². The van der Waals surface area contributed by atoms with Crippen molar-refractivity contribution in [3.63, 3.8) is 0 Å². The first-order valence-corrected chi connectivity index (χ1v) is 8.40. The van der Waals surface area contributed by atoms with Crippen LogP contribution < -0.4 is 10.6 Å². The zero-order valence-electron chi connectivity index (χ0n) is 13.6. The summed E-state index contributed by atoms with van der Waals surface area (Å²) in [5.74, 6) is 0.0390. The zero-order chi connectivity index (χ0) is 16.2. The van der Waals surface area contributed by atoms with E-state index in [-0.39, 0.29) is 11.9 Å². The van der Waals surface area contributed by atoms with Crippen molar-refractivity contribution >= 4 is 22.9 Å². The molecule has 0 spiro atoms. The van der Waals surface area contributed by atoms with Gasteiger partial charge in [-0.2, -0.15) is 0 Å². The van der Waals surface area contributed by atoms with Gasteiger partial charge in [0.2, 0.25) is 5.91 Å². The molecule has 2 N–H and O–H groups in total. The van der Waals surface area contributed by atoms with Crippen LogP contribution in [-0.4, -0.2) is 13.0 Å². The van der Waals surface area contributed by atoms with Gasteiger partial charge in [-0.1, -0.05) is 45.0 Å². The van der Waals surface area contributed by atoms with Gasteiger partial charge in [0.15, 0.2) is 0 Å². The number of hydrogen-bond donors (Lipinski definition) is 2. The van der Waals surface area contributed by atoms with Crippen molar-refractivity contribution in [2.75, 3.05) is 12.4 Å². The quantitative estimate of drug-likeness (QED) is 0.866. The van der Waals surface area contributed by atoms with Gasteiger partial charge >= 0.3 is 0 Å². The molecule has 1 heterocycles. The minimum absolute atomic E-state index is 0.0390. The maximum atomic E-state index is 12.2. The summed E-state index contributed by atoms with van der Waals surface area (Å²) < 4.78 is 0. The molecule has 0 fully saturated rings. The standard InChI is InChI=1S/C18H24N2OS/c1-18(2,3)17(21)20-14-9-6-5-8-13(14)12-15(19-4)16-10-7-11-22-16/h5-11,15,19H,12H2,1-4H3,(H,20,21). The molecular weight excluding hydrogens is 292 g/mol. The Balaban J connectivity index is 2.19. The van der Waals surface area contributed by atoms with E-state index in [4.69, 9.17) is 0 Å². The van der Waals surface area contributed by atoms with Crippen LogP contribution in [0.5, 0.6) is 0 Å². The molecule has 1 aromatic carbocycles. The number of carbonyl (C=O) groups excluding carboxylic acids is 1. The van der Waals surface area contributed by atoms with Crippen LogP contribution in [0.3, 0.4) is 0 Å². The Morgan fingerprint density at radius 3 is 2.50 bits per heavy atom. The fourth-order valence-corrected chi connectivity index (χ4v) is 3.02. The van der Waals surface area contributed by atoms with E-state index >= 15 is 0 Å². The lowest BCUT2D eigenvalue weighted by molar-refractivity contribution is -0.123. The third-order valence-electron chi connectivity index (χ3n) is 3.61. The van der Waals surface area contributed by atoms with Crippen LogP contribution in [0.15, 0.2) is 41.8 Å². The first kappa shape index (κ1) is 16.7. The van der Waals surface area contributed by atoms with E-state index < -0.39 is 5.41 Å². The number of anilines is 1. The molecule has 1 aromatic heterocycles. The average molecular weight is 316 g/mol. The van der Waals surface area contributed by atoms with E-state index in [1.165, 1.54) is 4.88 Å². The molecule has 0 aliphatic heterocycles. The van der Waals surface area contributed by atoms with Crippen molar-refractivity contribution < 1.29 is 4.79 Å². The summed E-state index contributed by atoms with van der Waals surface area (Å²) in [5, 5.41) is 8.51. The Labute approximate surface area is 136 Å². The fourth-order valence-electron chi connectivity index (χ4n) is 2.18. The summed E-state index contributed by atoms with van der Waals surface area (Å²) in [6.45, 7) is 5.77. The van der Waals surface area contributed by atoms with Crippen LogP contribution in [-0.2, 0) is 11.2 Å². The van der Waals surface area contributed by atoms with E-state index in [0.29, 0.717) is 0 Å². The van der Waals surface area contributed by atoms with E-state index in [0.717, 1.165) is 17.7 Å². The zero-order valence-corrected chi connectivity index (χ0v) is 14.5. The molecule has 4 heteroatoms. The second-order valence-corrected chi connectivity index (χ2v) is 7.40. The summed E-state index contributed by atoms with van der Waals surface area (Å²) >= 11 is 1.75. The molecule has 3 nitrogen and oxygen atoms in total. The number of amides is 1. The molecule has 118 valence electrons. The molecule has 0 aliphatic carbocycles. The van der Waals surface area contributed by atoms with E-state index in [2.05, 4.69) is 34.2 Å². The molecule has 2 rings (SSSR count). The molecule has 0 radical (unpaired) electrons. The lowest BCUT2D eigenvalue weighted by atomic mass is 9.95. The number of hydrogen-bond acceptors (Lipinski definition) is 3. The Bertz CT molecular complexity index is 614. The Morgan fingerprint density at radius 2 is 1.91 bits per heavy atom. The van der Waals surface area contributed by atoms with Gasteiger partial charge in [-0.15, -0.1) is 11.3 Å². The van der Waals surface area contributed by atoms with Crippen molar-refractivity contribution in [2.24, 2.45) is 5.41 Å². The lowest BCUT2D eigenvalue weighted by Crippen LogP contribution is -2.28. The molecule has 2 aromatic rings. The van der Waals surface area contributed by atoms with Gasteiger partial charge in [-0.05, 0) is 36.5 Å². The first-order valence-electron chi connectivity index (χ1n) is 7.52. The monoisotopic (exact) mass is 316 g/mol. The van der Waals surface area contributed by atoms with E-state index in [9.17, 15) is 4.79 Å². The minimum Gasteiger partial charge on any atom is -0.325 e. The summed E-state index contributed by atoms with van der Waals surface area (Å²) in [5.41, 5.74) is 1.65. The highest BCUT2D eigenvalue weighted by Crippen LogP contribution is 2.27. The predicted molar refractivity (Wildman–Crippen MR) is 94.4 cm³/mol. The van der Waals surface area contributed by atoms with Gasteiger partial charge in [-0.25, -0.2) is 0 Å². The maximum Gasteiger partial charge on any atom is 0.229 e. The summed E-state index contributed by atoms with van der Waals surface area (Å²) in [4.78, 5) is 13.6. The second kappa shape index (κ2) is 7.07. The fraction of sp³-hybridized carbons (Fsp3) is 0.389. The Kier molecular flexibility index (Phi) is 5.37. The van der Waals surface area contributed by atoms with Gasteiger partial charge in [-0.3, -0.25) is 4.79 Å². The number of carbonyl (C=O) groups is 1. The van der Waals surface area contributed by atoms with Crippen LogP contribution in [0.4, 0.5) is 5.69 Å². The average Bonchev–Trinajstić information content (AvgIpc) is 2.99. The third kappa shape index (κ3) is 4.18. The topological polar surface area (TPSA) is 41.1 Å². The van der Waals surface area contributed by atoms with Crippen molar-refractivity contribution in [1.82, 2.24) is 5.32 Å². The molecule has 0 bridgehead atoms. The molecule has 0 saturated heterocycles. The molecule has 0 aliphatic rings. The molecule has 1 unspecified atom stereocenters. The highest BCUT2D eigenvalue weighted by atomic mass is 32.1. The summed E-state index contributed by atoms with van der Waals surface area (Å²) in [7, 11) is 1.97. The molecule has 0 saturated carbocycles. The van der Waals surface area contributed by atoms with Gasteiger partial charge < -0.3 is 10.6 Å². The summed E-state index contributed by atoms with van der Waals surface area (Å²) in [6.07, 6.45) is 0.845. The van der Waals surface area contributed by atoms with Gasteiger partial charge in [0.05, 0.1) is 0 Å². The number of para-hydroxylation sites is 1. The van der Waals surface area contributed by atoms with E-state index in [1.807, 2.05) is 46.0 Å². The Hall–Kier alpha value is -1.65. The predicted octanol–water partition coefficient (Wildman–Crippen LogP) is 4.24. The largest absolute Gasteiger partial charge is 0.325 e. The van der Waals surface area contributed by atoms with Gasteiger partial charge in [0.1, 0.15) is 0 Å². The first-order chi connectivity index (χ1) is 10.4. The number of likely N-dealkylation sites (N-methyl/N-ethyl adjacent to an activating group) is 1. The van der Waals surface area contributed by atoms with Crippen LogP contribution in [0.1, 0.15) is 37.3 Å². The van der Waals surface area contributed by atoms with Crippen molar-refractivity contribution in [2.45, 2.75) is 33.2 Å². The molecule has 22 heavy (non-hydrogen) atoms. The second-order valence-electron chi connectivity index (χ2n) is 6.42. The lowest BCUT2D eigenvalue weighted by Gasteiger charge is -2.21. The number of nitrogens with one attached hydrogen (secondary N) is 2. The van der Waals surface area contributed by atoms with Crippen LogP contribution in [0, 0.1) is 5.41 Å². The van der Waals surface area contributed by atoms with Crippen molar-refractivity contribution in [3.05, 3.63) is 52.2 Å². The van der Waals surface area contributed by atoms with Gasteiger partial charge in [0.25, 0.3) is 0 Å². The number of thiophene rings is 1. The van der Waals surface area contributed by atoms with Crippen LogP contribution >= 0.6 is 11.3 Å². The smallest absolute Gasteiger partial charge is 0.229 e. The normalized spacial score (nSPS) is 12.9. The van der Waals surface area contributed by atoms with Crippen LogP contribution in [0.25, 0.3) is 0 Å². The van der Waals surface area contributed by atoms with Crippen LogP contribution in [0.2, 0.25) is 0 Å². The minimum atomic E-state index is -0.400. The van der Waals surface area contributed by atoms with Crippen molar-refractivity contribution in [1.29, 1.82) is 0 Å². The highest BCUT2D eigenvalue weighted by Gasteiger charge is 2.22. The Morgan fingerprint density at radius 1 is 1.18 bits per heavy atom. The third-order valence-corrected chi connectivity index (χ3v) is 4.59. The SMILES string of the molecule is CNC(Cc1ccccc1NC(=O)C(C)(C)C)c1cccs1. The van der Waals surface area contributed by atoms with E-state index in [1.54, 1.807) is 11.3 Å². The summed E-state index contributed by atoms with van der Waals surface area (Å²) in [6, 6.07) is 12.5. The molecular formula is C18H24N2OS. The maximum absolute atomic E-state index is 12.2. The number of rotatable bonds is 5. The van der Waals surface area contributed by atoms with Gasteiger partial charge in [0, 0.05) is 22.0 Å². The molecule has 1 atom stereocenters.